The summed E-state index contributed by atoms with van der Waals surface area (Å²) in [6.45, 7) is -1.04. The third-order valence-electron chi connectivity index (χ3n) is 2.72. The summed E-state index contributed by atoms with van der Waals surface area (Å²) in [5.41, 5.74) is 0.256. The number of sulfone groups is 1. The number of aliphatic hydroxyl groups is 1. The number of benzene rings is 1. The molecule has 0 spiro atoms. The van der Waals surface area contributed by atoms with E-state index in [4.69, 9.17) is 23.2 Å². The van der Waals surface area contributed by atoms with Gasteiger partial charge in [-0.25, -0.2) is 12.8 Å². The van der Waals surface area contributed by atoms with E-state index in [1.165, 1.54) is 24.3 Å². The van der Waals surface area contributed by atoms with Crippen LogP contribution in [0.25, 0.3) is 0 Å². The summed E-state index contributed by atoms with van der Waals surface area (Å²) in [4.78, 5) is 10.00. The Balaban J connectivity index is 2.90. The molecule has 0 bridgehead atoms. The molecule has 0 aromatic heterocycles. The van der Waals surface area contributed by atoms with Gasteiger partial charge in [0.2, 0.25) is 0 Å². The van der Waals surface area contributed by atoms with Crippen molar-refractivity contribution in [3.8, 4) is 0 Å². The van der Waals surface area contributed by atoms with Gasteiger partial charge in [0.05, 0.1) is 10.9 Å². The molecule has 1 aromatic rings. The van der Waals surface area contributed by atoms with Crippen LogP contribution in [-0.2, 0) is 14.6 Å². The van der Waals surface area contributed by atoms with Crippen molar-refractivity contribution >= 4 is 38.9 Å². The number of aliphatic hydroxyl groups excluding tert-OH is 1. The highest BCUT2D eigenvalue weighted by molar-refractivity contribution is 7.90. The zero-order valence-electron chi connectivity index (χ0n) is 11.0. The molecular formula is C12H14Cl2FNO4S. The molecule has 0 saturated carbocycles. The van der Waals surface area contributed by atoms with Gasteiger partial charge in [-0.15, -0.1) is 0 Å². The second-order valence-electron chi connectivity index (χ2n) is 4.36. The van der Waals surface area contributed by atoms with E-state index in [0.29, 0.717) is 0 Å². The highest BCUT2D eigenvalue weighted by Crippen LogP contribution is 2.20. The van der Waals surface area contributed by atoms with E-state index in [2.05, 4.69) is 5.32 Å². The predicted molar refractivity (Wildman–Crippen MR) is 77.9 cm³/mol. The van der Waals surface area contributed by atoms with Crippen LogP contribution in [0, 0.1) is 0 Å². The third kappa shape index (κ3) is 5.10. The molecule has 0 fully saturated rings. The molecule has 1 rings (SSSR count). The summed E-state index contributed by atoms with van der Waals surface area (Å²) in [5.74, 6) is -0.826. The van der Waals surface area contributed by atoms with Gasteiger partial charge in [-0.05, 0) is 17.7 Å². The first kappa shape index (κ1) is 18.2. The summed E-state index contributed by atoms with van der Waals surface area (Å²) >= 11 is 10.7. The minimum Gasteiger partial charge on any atom is -0.386 e. The van der Waals surface area contributed by atoms with Gasteiger partial charge in [-0.2, -0.15) is 0 Å². The molecule has 0 aliphatic heterocycles. The minimum atomic E-state index is -3.36. The van der Waals surface area contributed by atoms with Crippen molar-refractivity contribution in [3.63, 3.8) is 0 Å². The quantitative estimate of drug-likeness (QED) is 0.748. The van der Waals surface area contributed by atoms with Gasteiger partial charge in [0.25, 0.3) is 5.91 Å². The molecule has 0 heterocycles. The smallest absolute Gasteiger partial charge is 0.253 e. The molecule has 0 aliphatic rings. The lowest BCUT2D eigenvalue weighted by Gasteiger charge is -2.22. The van der Waals surface area contributed by atoms with Crippen molar-refractivity contribution in [2.75, 3.05) is 12.9 Å². The summed E-state index contributed by atoms with van der Waals surface area (Å²) in [5, 5.41) is 12.2. The van der Waals surface area contributed by atoms with Crippen molar-refractivity contribution in [2.45, 2.75) is 21.9 Å². The second kappa shape index (κ2) is 7.40. The molecule has 1 aromatic carbocycles. The van der Waals surface area contributed by atoms with E-state index in [-0.39, 0.29) is 10.5 Å². The fraction of sp³-hybridized carbons (Fsp3) is 0.417. The summed E-state index contributed by atoms with van der Waals surface area (Å²) in [7, 11) is -3.36. The maximum Gasteiger partial charge on any atom is 0.253 e. The average Bonchev–Trinajstić information content (AvgIpc) is 2.42. The van der Waals surface area contributed by atoms with Crippen molar-refractivity contribution in [3.05, 3.63) is 29.8 Å². The Morgan fingerprint density at radius 2 is 1.86 bits per heavy atom. The summed E-state index contributed by atoms with van der Waals surface area (Å²) in [6.07, 6.45) is -0.316. The van der Waals surface area contributed by atoms with Gasteiger partial charge in [0.1, 0.15) is 12.8 Å². The number of nitrogens with one attached hydrogen (secondary N) is 1. The monoisotopic (exact) mass is 363 g/mol. The third-order valence-corrected chi connectivity index (χ3v) is 4.25. The van der Waals surface area contributed by atoms with Crippen LogP contribution in [0.4, 0.5) is 4.39 Å². The fourth-order valence-electron chi connectivity index (χ4n) is 1.59. The lowest BCUT2D eigenvalue weighted by Crippen LogP contribution is -2.43. The first-order valence-electron chi connectivity index (χ1n) is 5.79. The van der Waals surface area contributed by atoms with Crippen LogP contribution in [0.3, 0.4) is 0 Å². The first-order chi connectivity index (χ1) is 9.66. The van der Waals surface area contributed by atoms with Crippen molar-refractivity contribution in [2.24, 2.45) is 0 Å². The van der Waals surface area contributed by atoms with Crippen LogP contribution in [-0.4, -0.2) is 43.2 Å². The van der Waals surface area contributed by atoms with Crippen molar-refractivity contribution in [1.29, 1.82) is 0 Å². The Kier molecular flexibility index (Phi) is 6.40. The van der Waals surface area contributed by atoms with Crippen LogP contribution in [0.15, 0.2) is 29.2 Å². The van der Waals surface area contributed by atoms with Crippen molar-refractivity contribution in [1.82, 2.24) is 5.32 Å². The Hall–Kier alpha value is -0.890. The van der Waals surface area contributed by atoms with Gasteiger partial charge in [0, 0.05) is 6.26 Å². The molecule has 1 amide bonds. The van der Waals surface area contributed by atoms with Gasteiger partial charge in [-0.3, -0.25) is 4.79 Å². The second-order valence-corrected chi connectivity index (χ2v) is 7.47. The number of halogens is 3. The topological polar surface area (TPSA) is 83.5 Å². The highest BCUT2D eigenvalue weighted by atomic mass is 35.5. The average molecular weight is 364 g/mol. The fourth-order valence-corrected chi connectivity index (χ4v) is 2.35. The number of amides is 1. The number of rotatable bonds is 6. The lowest BCUT2D eigenvalue weighted by molar-refractivity contribution is -0.121. The van der Waals surface area contributed by atoms with Gasteiger partial charge in [-0.1, -0.05) is 35.3 Å². The summed E-state index contributed by atoms with van der Waals surface area (Å²) in [6, 6.07) is 4.03. The highest BCUT2D eigenvalue weighted by Gasteiger charge is 2.25. The van der Waals surface area contributed by atoms with Gasteiger partial charge in [0.15, 0.2) is 14.7 Å². The van der Waals surface area contributed by atoms with Gasteiger partial charge < -0.3 is 10.4 Å². The molecule has 0 aliphatic carbocycles. The number of carbonyl (C=O) groups excluding carboxylic acids is 1. The molecular weight excluding hydrogens is 350 g/mol. The Morgan fingerprint density at radius 1 is 1.33 bits per heavy atom. The molecule has 118 valence electrons. The maximum atomic E-state index is 12.9. The first-order valence-corrected chi connectivity index (χ1v) is 8.55. The zero-order valence-corrected chi connectivity index (χ0v) is 13.3. The van der Waals surface area contributed by atoms with E-state index in [0.717, 1.165) is 6.26 Å². The Bertz CT molecular complexity index is 592. The van der Waals surface area contributed by atoms with Gasteiger partial charge >= 0.3 is 0 Å². The van der Waals surface area contributed by atoms with E-state index in [1.807, 2.05) is 0 Å². The number of hydrogen-bond acceptors (Lipinski definition) is 4. The lowest BCUT2D eigenvalue weighted by atomic mass is 10.2. The normalized spacial score (nSPS) is 14.8. The van der Waals surface area contributed by atoms with E-state index >= 15 is 0 Å². The zero-order chi connectivity index (χ0) is 16.2. The van der Waals surface area contributed by atoms with Crippen LogP contribution in [0.5, 0.6) is 0 Å². The molecule has 2 N–H and O–H groups in total. The Labute approximate surface area is 132 Å². The SMILES string of the molecule is CS(=O)(=O)[13c]1[13cH][13cH][13c]([C@@H](O)[C@@H](CF)NC(=O)C(Cl)Cl)[13cH][13cH]1. The van der Waals surface area contributed by atoms with Crippen molar-refractivity contribution < 1.29 is 22.7 Å². The largest absolute Gasteiger partial charge is 0.386 e. The van der Waals surface area contributed by atoms with Crippen LogP contribution >= 0.6 is 23.2 Å². The number of hydrogen-bond donors (Lipinski definition) is 2. The molecule has 0 saturated heterocycles. The molecule has 5 nitrogen and oxygen atoms in total. The molecule has 2 atom stereocenters. The molecule has 9 heteroatoms. The molecule has 0 unspecified atom stereocenters. The predicted octanol–water partition coefficient (Wildman–Crippen LogP) is 1.38. The molecule has 0 radical (unpaired) electrons. The van der Waals surface area contributed by atoms with E-state index in [1.54, 1.807) is 0 Å². The van der Waals surface area contributed by atoms with Crippen LogP contribution in [0.2, 0.25) is 0 Å². The van der Waals surface area contributed by atoms with E-state index < -0.39 is 39.4 Å². The summed E-state index contributed by atoms with van der Waals surface area (Å²) < 4.78 is 35.6. The maximum absolute atomic E-state index is 12.9. The minimum absolute atomic E-state index is 0.0702. The number of carbonyl (C=O) groups is 1. The van der Waals surface area contributed by atoms with E-state index in [9.17, 15) is 22.7 Å². The van der Waals surface area contributed by atoms with Crippen LogP contribution in [0.1, 0.15) is 11.7 Å². The number of alkyl halides is 3. The Morgan fingerprint density at radius 3 is 2.24 bits per heavy atom. The van der Waals surface area contributed by atoms with Crippen LogP contribution < -0.4 is 5.32 Å². The standard InChI is InChI=1S/C12H14Cl2FNO4S/c1-21(19,20)8-4-2-7(3-5-8)10(17)9(6-15)16-12(18)11(13)14/h2-5,9-11,17H,6H2,1H3,(H,16,18)/t9-,10-/m1/s1/i2+1,3+1,4+1,5+1,7+1,8+1. The molecule has 21 heavy (non-hydrogen) atoms.